The van der Waals surface area contributed by atoms with Crippen LogP contribution in [-0.4, -0.2) is 41.9 Å². The summed E-state index contributed by atoms with van der Waals surface area (Å²) in [6, 6.07) is 18.5. The fourth-order valence-corrected chi connectivity index (χ4v) is 6.42. The standard InChI is InChI=1S/C24H41NO.C20H25NO4/c1-2-3-4-5-6-7-8-9-10-11-15-22-26-24-18-16-23(17-19-24)25-20-13-12-14-21-25;1-4-5-6-19(25-18-10-7-13(2)11-14(18)3)20(24)21-16-12-15(22)8-9-17(16)23/h16-19H,2-15,20-22H2,1H3;7-12,19,22-23H,4-6H2,1-3H3,(H,21,24). The fourth-order valence-electron chi connectivity index (χ4n) is 6.42. The first-order valence-corrected chi connectivity index (χ1v) is 19.8. The highest BCUT2D eigenvalue weighted by molar-refractivity contribution is 5.95. The van der Waals surface area contributed by atoms with Gasteiger partial charge in [0.25, 0.3) is 5.91 Å². The number of unbranched alkanes of at least 4 members (excludes halogenated alkanes) is 11. The molecule has 3 aromatic rings. The van der Waals surface area contributed by atoms with Crippen LogP contribution in [0, 0.1) is 13.8 Å². The second-order valence-corrected chi connectivity index (χ2v) is 14.1. The molecule has 3 aromatic carbocycles. The molecule has 1 atom stereocenters. The maximum Gasteiger partial charge on any atom is 0.265 e. The summed E-state index contributed by atoms with van der Waals surface area (Å²) in [5, 5.41) is 22.0. The lowest BCUT2D eigenvalue weighted by Crippen LogP contribution is -2.33. The van der Waals surface area contributed by atoms with Gasteiger partial charge in [0.1, 0.15) is 23.0 Å². The van der Waals surface area contributed by atoms with Crippen molar-refractivity contribution < 1.29 is 24.5 Å². The molecule has 1 saturated heterocycles. The van der Waals surface area contributed by atoms with Gasteiger partial charge in [-0.25, -0.2) is 0 Å². The Morgan fingerprint density at radius 2 is 1.37 bits per heavy atom. The Balaban J connectivity index is 0.000000276. The zero-order chi connectivity index (χ0) is 36.7. The molecule has 0 radical (unpaired) electrons. The van der Waals surface area contributed by atoms with Crippen LogP contribution in [0.4, 0.5) is 11.4 Å². The van der Waals surface area contributed by atoms with Crippen LogP contribution in [0.5, 0.6) is 23.0 Å². The molecule has 1 fully saturated rings. The minimum absolute atomic E-state index is 0.0338. The molecule has 3 N–H and O–H groups in total. The Bertz CT molecular complexity index is 1390. The maximum atomic E-state index is 12.6. The predicted octanol–water partition coefficient (Wildman–Crippen LogP) is 11.7. The van der Waals surface area contributed by atoms with E-state index < -0.39 is 6.10 Å². The number of carbonyl (C=O) groups is 1. The number of carbonyl (C=O) groups excluding carboxylic acids is 1. The molecule has 7 heteroatoms. The van der Waals surface area contributed by atoms with Gasteiger partial charge >= 0.3 is 0 Å². The predicted molar refractivity (Wildman–Crippen MR) is 213 cm³/mol. The van der Waals surface area contributed by atoms with Gasteiger partial charge < -0.3 is 29.9 Å². The van der Waals surface area contributed by atoms with E-state index in [4.69, 9.17) is 9.47 Å². The van der Waals surface area contributed by atoms with Gasteiger partial charge in [-0.3, -0.25) is 4.79 Å². The molecular weight excluding hydrogens is 636 g/mol. The molecule has 51 heavy (non-hydrogen) atoms. The van der Waals surface area contributed by atoms with Crippen LogP contribution in [-0.2, 0) is 4.79 Å². The van der Waals surface area contributed by atoms with Crippen LogP contribution in [0.15, 0.2) is 60.7 Å². The quantitative estimate of drug-likeness (QED) is 0.0581. The Morgan fingerprint density at radius 1 is 0.745 bits per heavy atom. The first-order valence-electron chi connectivity index (χ1n) is 19.8. The van der Waals surface area contributed by atoms with Gasteiger partial charge in [0.2, 0.25) is 0 Å². The number of piperidine rings is 1. The Kier molecular flexibility index (Phi) is 19.8. The first kappa shape index (κ1) is 41.5. The lowest BCUT2D eigenvalue weighted by atomic mass is 10.1. The van der Waals surface area contributed by atoms with Gasteiger partial charge in [-0.05, 0) is 100 Å². The van der Waals surface area contributed by atoms with Gasteiger partial charge in [-0.15, -0.1) is 0 Å². The van der Waals surface area contributed by atoms with Crippen molar-refractivity contribution in [3.05, 3.63) is 71.8 Å². The summed E-state index contributed by atoms with van der Waals surface area (Å²) >= 11 is 0. The molecule has 4 rings (SSSR count). The van der Waals surface area contributed by atoms with Gasteiger partial charge in [-0.2, -0.15) is 0 Å². The summed E-state index contributed by atoms with van der Waals surface area (Å²) in [6.45, 7) is 11.6. The van der Waals surface area contributed by atoms with Crippen molar-refractivity contribution in [3.8, 4) is 23.0 Å². The molecule has 0 aromatic heterocycles. The van der Waals surface area contributed by atoms with Crippen molar-refractivity contribution in [1.29, 1.82) is 0 Å². The number of benzene rings is 3. The van der Waals surface area contributed by atoms with Crippen LogP contribution in [0.3, 0.4) is 0 Å². The molecular formula is C44H66N2O5. The number of rotatable bonds is 21. The number of ether oxygens (including phenoxy) is 2. The number of phenolic OH excluding ortho intramolecular Hbond substituents is 2. The molecule has 0 aliphatic carbocycles. The highest BCUT2D eigenvalue weighted by atomic mass is 16.5. The number of amides is 1. The summed E-state index contributed by atoms with van der Waals surface area (Å²) in [5.74, 6) is 1.20. The SMILES string of the molecule is CCCCC(Oc1ccc(C)cc1C)C(=O)Nc1cc(O)ccc1O.CCCCCCCCCCCCCOc1ccc(N2CCCCC2)cc1. The average Bonchev–Trinajstić information content (AvgIpc) is 3.13. The smallest absolute Gasteiger partial charge is 0.265 e. The highest BCUT2D eigenvalue weighted by Crippen LogP contribution is 2.29. The molecule has 1 aliphatic heterocycles. The monoisotopic (exact) mass is 702 g/mol. The lowest BCUT2D eigenvalue weighted by molar-refractivity contribution is -0.123. The number of nitrogens with one attached hydrogen (secondary N) is 1. The topological polar surface area (TPSA) is 91.3 Å². The van der Waals surface area contributed by atoms with Gasteiger partial charge in [-0.1, -0.05) is 102 Å². The zero-order valence-corrected chi connectivity index (χ0v) is 32.1. The van der Waals surface area contributed by atoms with Crippen LogP contribution < -0.4 is 19.7 Å². The summed E-state index contributed by atoms with van der Waals surface area (Å²) in [6.07, 6.45) is 20.9. The van der Waals surface area contributed by atoms with Crippen molar-refractivity contribution >= 4 is 17.3 Å². The normalized spacial score (nSPS) is 13.2. The second kappa shape index (κ2) is 24.3. The van der Waals surface area contributed by atoms with Crippen molar-refractivity contribution in [3.63, 3.8) is 0 Å². The molecule has 1 amide bonds. The van der Waals surface area contributed by atoms with Crippen molar-refractivity contribution in [2.24, 2.45) is 0 Å². The number of hydrogen-bond acceptors (Lipinski definition) is 6. The van der Waals surface area contributed by atoms with Crippen LogP contribution >= 0.6 is 0 Å². The molecule has 7 nitrogen and oxygen atoms in total. The Labute approximate surface area is 308 Å². The van der Waals surface area contributed by atoms with Crippen LogP contribution in [0.1, 0.15) is 134 Å². The third-order valence-electron chi connectivity index (χ3n) is 9.52. The summed E-state index contributed by atoms with van der Waals surface area (Å²) in [4.78, 5) is 15.1. The number of aryl methyl sites for hydroxylation is 2. The zero-order valence-electron chi connectivity index (χ0n) is 32.1. The van der Waals surface area contributed by atoms with E-state index in [1.54, 1.807) is 0 Å². The Hall–Kier alpha value is -3.87. The molecule has 0 bridgehead atoms. The van der Waals surface area contributed by atoms with E-state index in [0.29, 0.717) is 12.2 Å². The van der Waals surface area contributed by atoms with E-state index in [2.05, 4.69) is 41.4 Å². The summed E-state index contributed by atoms with van der Waals surface area (Å²) in [5.41, 5.74) is 3.61. The minimum Gasteiger partial charge on any atom is -0.508 e. The minimum atomic E-state index is -0.678. The number of aromatic hydroxyl groups is 2. The summed E-state index contributed by atoms with van der Waals surface area (Å²) in [7, 11) is 0. The van der Waals surface area contributed by atoms with Crippen molar-refractivity contribution in [2.45, 2.75) is 143 Å². The van der Waals surface area contributed by atoms with Crippen LogP contribution in [0.2, 0.25) is 0 Å². The maximum absolute atomic E-state index is 12.6. The van der Waals surface area contributed by atoms with Crippen molar-refractivity contribution in [1.82, 2.24) is 0 Å². The van der Waals surface area contributed by atoms with E-state index >= 15 is 0 Å². The van der Waals surface area contributed by atoms with E-state index in [1.165, 1.54) is 127 Å². The van der Waals surface area contributed by atoms with Gasteiger partial charge in [0.15, 0.2) is 6.10 Å². The number of nitrogens with zero attached hydrogens (tertiary/aromatic N) is 1. The van der Waals surface area contributed by atoms with E-state index in [0.717, 1.165) is 36.3 Å². The van der Waals surface area contributed by atoms with E-state index in [9.17, 15) is 15.0 Å². The third-order valence-corrected chi connectivity index (χ3v) is 9.52. The third kappa shape index (κ3) is 16.3. The van der Waals surface area contributed by atoms with E-state index in [1.807, 2.05) is 39.0 Å². The lowest BCUT2D eigenvalue weighted by Gasteiger charge is -2.28. The Morgan fingerprint density at radius 3 is 2.00 bits per heavy atom. The largest absolute Gasteiger partial charge is 0.508 e. The number of anilines is 2. The molecule has 0 spiro atoms. The van der Waals surface area contributed by atoms with Crippen LogP contribution in [0.25, 0.3) is 0 Å². The fraction of sp³-hybridized carbons (Fsp3) is 0.568. The van der Waals surface area contributed by atoms with Gasteiger partial charge in [0.05, 0.1) is 12.3 Å². The summed E-state index contributed by atoms with van der Waals surface area (Å²) < 4.78 is 11.9. The first-order chi connectivity index (χ1) is 24.8. The molecule has 1 unspecified atom stereocenters. The highest BCUT2D eigenvalue weighted by Gasteiger charge is 2.22. The number of phenols is 2. The van der Waals surface area contributed by atoms with Crippen molar-refractivity contribution in [2.75, 3.05) is 29.9 Å². The number of hydrogen-bond donors (Lipinski definition) is 3. The molecule has 1 heterocycles. The molecule has 0 saturated carbocycles. The second-order valence-electron chi connectivity index (χ2n) is 14.1. The molecule has 1 aliphatic rings. The van der Waals surface area contributed by atoms with Gasteiger partial charge in [0, 0.05) is 24.8 Å². The average molecular weight is 703 g/mol. The molecule has 282 valence electrons. The van der Waals surface area contributed by atoms with E-state index in [-0.39, 0.29) is 23.1 Å².